The highest BCUT2D eigenvalue weighted by molar-refractivity contribution is 7.22. The van der Waals surface area contributed by atoms with Crippen molar-refractivity contribution in [2.75, 3.05) is 23.3 Å². The summed E-state index contributed by atoms with van der Waals surface area (Å²) in [7, 11) is 0. The number of carbonyl (C=O) groups is 2. The van der Waals surface area contributed by atoms with E-state index in [4.69, 9.17) is 4.98 Å². The number of para-hydroxylation sites is 1. The number of amides is 2. The van der Waals surface area contributed by atoms with Crippen LogP contribution in [0.4, 0.5) is 15.1 Å². The van der Waals surface area contributed by atoms with Gasteiger partial charge in [0.05, 0.1) is 16.1 Å². The molecule has 1 saturated heterocycles. The Morgan fingerprint density at radius 2 is 1.92 bits per heavy atom. The normalized spacial score (nSPS) is 18.1. The van der Waals surface area contributed by atoms with Gasteiger partial charge in [0.15, 0.2) is 0 Å². The van der Waals surface area contributed by atoms with E-state index in [0.29, 0.717) is 11.7 Å². The van der Waals surface area contributed by atoms with E-state index in [-0.39, 0.29) is 30.6 Å². The van der Waals surface area contributed by atoms with E-state index in [1.807, 2.05) is 18.2 Å². The molecule has 190 valence electrons. The summed E-state index contributed by atoms with van der Waals surface area (Å²) in [5.41, 5.74) is 3.86. The number of hydrogen-bond donors (Lipinski definition) is 1. The van der Waals surface area contributed by atoms with Gasteiger partial charge in [0.2, 0.25) is 11.8 Å². The number of carbonyl (C=O) groups excluding carboxylic acids is 2. The van der Waals surface area contributed by atoms with Gasteiger partial charge in [-0.25, -0.2) is 9.37 Å². The summed E-state index contributed by atoms with van der Waals surface area (Å²) in [5, 5.41) is 4.92. The summed E-state index contributed by atoms with van der Waals surface area (Å²) in [4.78, 5) is 36.4. The highest BCUT2D eigenvalue weighted by Crippen LogP contribution is 2.46. The molecular formula is C28H27FN4O2S2. The molecule has 2 aliphatic rings. The SMILES string of the molecule is CC(C)N1CCc2c(sc(NC(=O)C3CC(=O)N(c4ccc(F)cc4)C3)c2-c2nc3ccccc3s2)C1. The molecule has 2 aromatic heterocycles. The molecular weight excluding hydrogens is 507 g/mol. The molecule has 1 unspecified atom stereocenters. The second kappa shape index (κ2) is 9.63. The number of halogens is 1. The zero-order chi connectivity index (χ0) is 25.7. The Hall–Kier alpha value is -3.14. The molecule has 9 heteroatoms. The first-order valence-electron chi connectivity index (χ1n) is 12.5. The van der Waals surface area contributed by atoms with Crippen LogP contribution >= 0.6 is 22.7 Å². The van der Waals surface area contributed by atoms with Crippen molar-refractivity contribution in [2.45, 2.75) is 39.3 Å². The lowest BCUT2D eigenvalue weighted by molar-refractivity contribution is -0.122. The average molecular weight is 535 g/mol. The molecule has 0 aliphatic carbocycles. The van der Waals surface area contributed by atoms with Crippen molar-refractivity contribution >= 4 is 55.4 Å². The third kappa shape index (κ3) is 4.56. The van der Waals surface area contributed by atoms with Gasteiger partial charge in [0, 0.05) is 48.2 Å². The Balaban J connectivity index is 1.31. The van der Waals surface area contributed by atoms with Gasteiger partial charge in [-0.3, -0.25) is 14.5 Å². The fourth-order valence-electron chi connectivity index (χ4n) is 5.13. The molecule has 0 radical (unpaired) electrons. The summed E-state index contributed by atoms with van der Waals surface area (Å²) in [6.07, 6.45) is 1.04. The van der Waals surface area contributed by atoms with Crippen LogP contribution in [0.15, 0.2) is 48.5 Å². The quantitative estimate of drug-likeness (QED) is 0.345. The van der Waals surface area contributed by atoms with Crippen LogP contribution in [0.2, 0.25) is 0 Å². The van der Waals surface area contributed by atoms with Gasteiger partial charge < -0.3 is 10.2 Å². The molecule has 1 fully saturated rings. The van der Waals surface area contributed by atoms with Crippen LogP contribution in [0.25, 0.3) is 20.8 Å². The van der Waals surface area contributed by atoms with Gasteiger partial charge in [-0.05, 0) is 62.2 Å². The molecule has 6 rings (SSSR count). The summed E-state index contributed by atoms with van der Waals surface area (Å²) in [5.74, 6) is -1.13. The second-order valence-electron chi connectivity index (χ2n) is 9.88. The van der Waals surface area contributed by atoms with Gasteiger partial charge in [-0.15, -0.1) is 22.7 Å². The van der Waals surface area contributed by atoms with E-state index in [2.05, 4.69) is 30.1 Å². The maximum atomic E-state index is 13.5. The fraction of sp³-hybridized carbons (Fsp3) is 0.321. The lowest BCUT2D eigenvalue weighted by atomic mass is 10.0. The van der Waals surface area contributed by atoms with Crippen molar-refractivity contribution in [1.29, 1.82) is 0 Å². The number of nitrogens with one attached hydrogen (secondary N) is 1. The topological polar surface area (TPSA) is 65.5 Å². The van der Waals surface area contributed by atoms with Gasteiger partial charge in [0.25, 0.3) is 0 Å². The van der Waals surface area contributed by atoms with Gasteiger partial charge in [-0.2, -0.15) is 0 Å². The number of anilines is 2. The number of hydrogen-bond acceptors (Lipinski definition) is 6. The van der Waals surface area contributed by atoms with E-state index in [1.165, 1.54) is 22.6 Å². The Morgan fingerprint density at radius 3 is 2.68 bits per heavy atom. The van der Waals surface area contributed by atoms with Crippen molar-refractivity contribution in [2.24, 2.45) is 5.92 Å². The predicted octanol–water partition coefficient (Wildman–Crippen LogP) is 5.92. The van der Waals surface area contributed by atoms with Crippen molar-refractivity contribution in [1.82, 2.24) is 9.88 Å². The second-order valence-corrected chi connectivity index (χ2v) is 12.0. The number of rotatable bonds is 5. The minimum absolute atomic E-state index is 0.129. The third-order valence-electron chi connectivity index (χ3n) is 7.20. The van der Waals surface area contributed by atoms with Crippen LogP contribution in [-0.2, 0) is 22.6 Å². The van der Waals surface area contributed by atoms with Crippen LogP contribution in [-0.4, -0.2) is 40.8 Å². The van der Waals surface area contributed by atoms with Crippen molar-refractivity contribution in [3.63, 3.8) is 0 Å². The van der Waals surface area contributed by atoms with Crippen LogP contribution in [0.1, 0.15) is 30.7 Å². The number of thiazole rings is 1. The van der Waals surface area contributed by atoms with Crippen molar-refractivity contribution in [3.05, 3.63) is 64.8 Å². The Bertz CT molecular complexity index is 1460. The Kier molecular flexibility index (Phi) is 6.30. The molecule has 0 bridgehead atoms. The lowest BCUT2D eigenvalue weighted by Gasteiger charge is -2.30. The third-order valence-corrected chi connectivity index (χ3v) is 9.38. The molecule has 2 aromatic carbocycles. The van der Waals surface area contributed by atoms with Crippen LogP contribution in [0.5, 0.6) is 0 Å². The van der Waals surface area contributed by atoms with E-state index < -0.39 is 5.92 Å². The molecule has 1 atom stereocenters. The number of thiophene rings is 1. The van der Waals surface area contributed by atoms with Gasteiger partial charge in [0.1, 0.15) is 15.8 Å². The molecule has 4 aromatic rings. The van der Waals surface area contributed by atoms with Gasteiger partial charge >= 0.3 is 0 Å². The zero-order valence-electron chi connectivity index (χ0n) is 20.7. The largest absolute Gasteiger partial charge is 0.317 e. The maximum Gasteiger partial charge on any atom is 0.230 e. The van der Waals surface area contributed by atoms with E-state index >= 15 is 0 Å². The molecule has 2 aliphatic heterocycles. The minimum atomic E-state index is -0.480. The first kappa shape index (κ1) is 24.2. The number of benzene rings is 2. The maximum absolute atomic E-state index is 13.5. The molecule has 0 saturated carbocycles. The first-order chi connectivity index (χ1) is 17.9. The first-order valence-corrected chi connectivity index (χ1v) is 14.1. The smallest absolute Gasteiger partial charge is 0.230 e. The monoisotopic (exact) mass is 534 g/mol. The molecule has 6 nitrogen and oxygen atoms in total. The van der Waals surface area contributed by atoms with Crippen LogP contribution in [0, 0.1) is 11.7 Å². The standard InChI is InChI=1S/C28H27FN4O2S2/c1-16(2)32-12-11-20-23(15-32)37-28(25(20)27-30-21-5-3-4-6-22(21)36-27)31-26(35)17-13-24(34)33(14-17)19-9-7-18(29)8-10-19/h3-10,16-17H,11-15H2,1-2H3,(H,31,35). The zero-order valence-corrected chi connectivity index (χ0v) is 22.3. The highest BCUT2D eigenvalue weighted by Gasteiger charge is 2.36. The van der Waals surface area contributed by atoms with E-state index in [0.717, 1.165) is 45.3 Å². The average Bonchev–Trinajstić information content (AvgIpc) is 3.58. The predicted molar refractivity (Wildman–Crippen MR) is 148 cm³/mol. The Labute approximate surface area is 222 Å². The summed E-state index contributed by atoms with van der Waals surface area (Å²) < 4.78 is 14.5. The summed E-state index contributed by atoms with van der Waals surface area (Å²) >= 11 is 3.27. The van der Waals surface area contributed by atoms with Crippen LogP contribution in [0.3, 0.4) is 0 Å². The molecule has 37 heavy (non-hydrogen) atoms. The highest BCUT2D eigenvalue weighted by atomic mass is 32.1. The molecule has 4 heterocycles. The van der Waals surface area contributed by atoms with Crippen LogP contribution < -0.4 is 10.2 Å². The minimum Gasteiger partial charge on any atom is -0.317 e. The number of nitrogens with zero attached hydrogens (tertiary/aromatic N) is 3. The van der Waals surface area contributed by atoms with Crippen molar-refractivity contribution in [3.8, 4) is 10.6 Å². The van der Waals surface area contributed by atoms with Gasteiger partial charge in [-0.1, -0.05) is 12.1 Å². The number of fused-ring (bicyclic) bond motifs is 2. The molecule has 2 amide bonds. The van der Waals surface area contributed by atoms with Crippen molar-refractivity contribution < 1.29 is 14.0 Å². The van der Waals surface area contributed by atoms with E-state index in [1.54, 1.807) is 39.7 Å². The number of aromatic nitrogens is 1. The molecule has 0 spiro atoms. The fourth-order valence-corrected chi connectivity index (χ4v) is 7.51. The lowest BCUT2D eigenvalue weighted by Crippen LogP contribution is -2.35. The summed E-state index contributed by atoms with van der Waals surface area (Å²) in [6, 6.07) is 14.3. The summed E-state index contributed by atoms with van der Waals surface area (Å²) in [6.45, 7) is 6.51. The Morgan fingerprint density at radius 1 is 1.14 bits per heavy atom. The van der Waals surface area contributed by atoms with E-state index in [9.17, 15) is 14.0 Å². The molecule has 1 N–H and O–H groups in total.